The van der Waals surface area contributed by atoms with E-state index in [9.17, 15) is 31.5 Å². The molecule has 34 heavy (non-hydrogen) atoms. The van der Waals surface area contributed by atoms with E-state index in [0.717, 1.165) is 6.07 Å². The molecule has 7 nitrogen and oxygen atoms in total. The maximum Gasteiger partial charge on any atom is 0.586 e. The Labute approximate surface area is 191 Å². The number of nitrogens with zero attached hydrogens (tertiary/aromatic N) is 2. The second-order valence-electron chi connectivity index (χ2n) is 7.81. The third-order valence-electron chi connectivity index (χ3n) is 5.41. The fourth-order valence-electron chi connectivity index (χ4n) is 3.87. The number of carbonyl (C=O) groups excluding carboxylic acids is 2. The molecular weight excluding hydrogens is 465 g/mol. The van der Waals surface area contributed by atoms with Gasteiger partial charge in [0.25, 0.3) is 5.91 Å². The molecule has 2 aromatic carbocycles. The minimum Gasteiger partial charge on any atom is -0.395 e. The number of anilines is 1. The van der Waals surface area contributed by atoms with Gasteiger partial charge in [0.1, 0.15) is 0 Å². The van der Waals surface area contributed by atoms with Gasteiger partial charge in [0.2, 0.25) is 5.91 Å². The maximum atomic E-state index is 13.4. The van der Waals surface area contributed by atoms with E-state index in [2.05, 4.69) is 14.8 Å². The largest absolute Gasteiger partial charge is 0.586 e. The molecule has 0 bridgehead atoms. The summed E-state index contributed by atoms with van der Waals surface area (Å²) in [6.07, 6.45) is -7.99. The molecule has 0 unspecified atom stereocenters. The number of amides is 2. The number of hydrogen-bond donors (Lipinski definition) is 1. The monoisotopic (exact) mass is 485 g/mol. The van der Waals surface area contributed by atoms with Gasteiger partial charge in [0.15, 0.2) is 11.5 Å². The summed E-state index contributed by atoms with van der Waals surface area (Å²) in [5.41, 5.74) is -1.34. The third kappa shape index (κ3) is 5.22. The van der Waals surface area contributed by atoms with Gasteiger partial charge in [-0.3, -0.25) is 14.5 Å². The fourth-order valence-corrected chi connectivity index (χ4v) is 3.87. The van der Waals surface area contributed by atoms with Crippen LogP contribution >= 0.6 is 0 Å². The molecule has 2 aromatic rings. The molecule has 1 fully saturated rings. The van der Waals surface area contributed by atoms with Crippen LogP contribution in [0, 0.1) is 0 Å². The van der Waals surface area contributed by atoms with Crippen molar-refractivity contribution in [2.24, 2.45) is 0 Å². The minimum atomic E-state index is -4.61. The van der Waals surface area contributed by atoms with E-state index in [4.69, 9.17) is 0 Å². The molecule has 0 radical (unpaired) electrons. The first-order valence-corrected chi connectivity index (χ1v) is 10.4. The zero-order valence-corrected chi connectivity index (χ0v) is 17.7. The average molecular weight is 485 g/mol. The van der Waals surface area contributed by atoms with Crippen LogP contribution in [0.3, 0.4) is 0 Å². The Hall–Kier alpha value is -3.41. The summed E-state index contributed by atoms with van der Waals surface area (Å²) in [7, 11) is 0. The number of para-hydroxylation sites is 2. The normalized spacial score (nSPS) is 17.9. The van der Waals surface area contributed by atoms with Gasteiger partial charge in [-0.15, -0.1) is 8.78 Å². The molecule has 1 saturated heterocycles. The summed E-state index contributed by atoms with van der Waals surface area (Å²) in [4.78, 5) is 28.5. The van der Waals surface area contributed by atoms with Crippen molar-refractivity contribution in [2.45, 2.75) is 18.9 Å². The molecule has 0 atom stereocenters. The van der Waals surface area contributed by atoms with E-state index < -0.39 is 29.8 Å². The molecule has 2 aliphatic heterocycles. The second-order valence-corrected chi connectivity index (χ2v) is 7.81. The highest BCUT2D eigenvalue weighted by molar-refractivity contribution is 5.98. The zero-order valence-electron chi connectivity index (χ0n) is 17.7. The molecule has 182 valence electrons. The topological polar surface area (TPSA) is 71.1 Å². The van der Waals surface area contributed by atoms with Crippen molar-refractivity contribution < 1.29 is 41.0 Å². The Balaban J connectivity index is 1.37. The molecule has 2 aliphatic rings. The number of hydrogen-bond acceptors (Lipinski definition) is 5. The lowest BCUT2D eigenvalue weighted by Gasteiger charge is -2.22. The SMILES string of the molecule is O=C(CN1CCCN(C(=O)c2cccc3c2OC(F)(F)O3)CC1)Nc1ccccc1C(F)(F)F. The standard InChI is InChI=1S/C22H20F5N3O4/c23-21(24,25)15-6-1-2-7-16(15)28-18(31)13-29-9-4-10-30(12-11-29)20(32)14-5-3-8-17-19(14)34-22(26,27)33-17/h1-3,5-8H,4,9-13H2,(H,28,31). The van der Waals surface area contributed by atoms with Gasteiger partial charge in [-0.2, -0.15) is 13.2 Å². The molecule has 2 heterocycles. The number of benzene rings is 2. The van der Waals surface area contributed by atoms with Crippen molar-refractivity contribution in [1.29, 1.82) is 0 Å². The number of alkyl halides is 5. The molecule has 2 amide bonds. The summed E-state index contributed by atoms with van der Waals surface area (Å²) < 4.78 is 75.1. The molecule has 0 saturated carbocycles. The van der Waals surface area contributed by atoms with Crippen molar-refractivity contribution in [1.82, 2.24) is 9.80 Å². The van der Waals surface area contributed by atoms with Crippen LogP contribution in [-0.2, 0) is 11.0 Å². The summed E-state index contributed by atoms with van der Waals surface area (Å²) in [5, 5.41) is 2.30. The summed E-state index contributed by atoms with van der Waals surface area (Å²) in [6.45, 7) is 1.00. The van der Waals surface area contributed by atoms with Gasteiger partial charge in [-0.05, 0) is 30.7 Å². The Kier molecular flexibility index (Phi) is 6.34. The van der Waals surface area contributed by atoms with Crippen molar-refractivity contribution in [3.8, 4) is 11.5 Å². The number of rotatable bonds is 4. The molecular formula is C22H20F5N3O4. The quantitative estimate of drug-likeness (QED) is 0.667. The first-order valence-electron chi connectivity index (χ1n) is 10.4. The predicted molar refractivity (Wildman–Crippen MR) is 110 cm³/mol. The molecule has 12 heteroatoms. The molecule has 0 aliphatic carbocycles. The first-order chi connectivity index (χ1) is 16.0. The van der Waals surface area contributed by atoms with Crippen LogP contribution in [0.25, 0.3) is 0 Å². The van der Waals surface area contributed by atoms with Crippen LogP contribution in [0.4, 0.5) is 27.6 Å². The Morgan fingerprint density at radius 1 is 0.971 bits per heavy atom. The highest BCUT2D eigenvalue weighted by atomic mass is 19.4. The van der Waals surface area contributed by atoms with Crippen LogP contribution < -0.4 is 14.8 Å². The van der Waals surface area contributed by atoms with Crippen molar-refractivity contribution in [3.63, 3.8) is 0 Å². The summed E-state index contributed by atoms with van der Waals surface area (Å²) in [6, 6.07) is 8.73. The van der Waals surface area contributed by atoms with Crippen molar-refractivity contribution >= 4 is 17.5 Å². The number of carbonyl (C=O) groups is 2. The molecule has 4 rings (SSSR count). The maximum absolute atomic E-state index is 13.4. The molecule has 0 spiro atoms. The van der Waals surface area contributed by atoms with Crippen LogP contribution in [0.15, 0.2) is 42.5 Å². The van der Waals surface area contributed by atoms with E-state index in [1.165, 1.54) is 41.3 Å². The van der Waals surface area contributed by atoms with Gasteiger partial charge in [0, 0.05) is 26.2 Å². The van der Waals surface area contributed by atoms with Crippen molar-refractivity contribution in [2.75, 3.05) is 38.0 Å². The predicted octanol–water partition coefficient (Wildman–Crippen LogP) is 3.81. The fraction of sp³-hybridized carbons (Fsp3) is 0.364. The van der Waals surface area contributed by atoms with Crippen LogP contribution in [0.2, 0.25) is 0 Å². The number of ether oxygens (including phenoxy) is 2. The van der Waals surface area contributed by atoms with E-state index in [0.29, 0.717) is 19.5 Å². The highest BCUT2D eigenvalue weighted by Gasteiger charge is 2.45. The smallest absolute Gasteiger partial charge is 0.395 e. The Morgan fingerprint density at radius 3 is 2.50 bits per heavy atom. The van der Waals surface area contributed by atoms with Gasteiger partial charge in [-0.1, -0.05) is 18.2 Å². The van der Waals surface area contributed by atoms with Gasteiger partial charge in [-0.25, -0.2) is 0 Å². The van der Waals surface area contributed by atoms with Gasteiger partial charge in [0.05, 0.1) is 23.4 Å². The van der Waals surface area contributed by atoms with Crippen molar-refractivity contribution in [3.05, 3.63) is 53.6 Å². The van der Waals surface area contributed by atoms with E-state index >= 15 is 0 Å². The lowest BCUT2D eigenvalue weighted by molar-refractivity contribution is -0.286. The first kappa shape index (κ1) is 23.7. The molecule has 0 aromatic heterocycles. The number of fused-ring (bicyclic) bond motifs is 1. The minimum absolute atomic E-state index is 0.0652. The van der Waals surface area contributed by atoms with E-state index in [-0.39, 0.29) is 42.4 Å². The zero-order chi connectivity index (χ0) is 24.5. The Bertz CT molecular complexity index is 1090. The van der Waals surface area contributed by atoms with Gasteiger partial charge < -0.3 is 19.7 Å². The lowest BCUT2D eigenvalue weighted by Crippen LogP contribution is -2.38. The van der Waals surface area contributed by atoms with Crippen LogP contribution in [0.5, 0.6) is 11.5 Å². The van der Waals surface area contributed by atoms with Gasteiger partial charge >= 0.3 is 12.5 Å². The summed E-state index contributed by atoms with van der Waals surface area (Å²) in [5.74, 6) is -1.71. The highest BCUT2D eigenvalue weighted by Crippen LogP contribution is 2.43. The second kappa shape index (κ2) is 9.09. The van der Waals surface area contributed by atoms with E-state index in [1.807, 2.05) is 0 Å². The molecule has 1 N–H and O–H groups in total. The average Bonchev–Trinajstić information content (AvgIpc) is 2.91. The van der Waals surface area contributed by atoms with E-state index in [1.54, 1.807) is 4.90 Å². The Morgan fingerprint density at radius 2 is 1.74 bits per heavy atom. The van der Waals surface area contributed by atoms with Crippen LogP contribution in [0.1, 0.15) is 22.3 Å². The summed E-state index contributed by atoms with van der Waals surface area (Å²) >= 11 is 0. The number of nitrogens with one attached hydrogen (secondary N) is 1. The lowest BCUT2D eigenvalue weighted by atomic mass is 10.1. The number of halogens is 5. The third-order valence-corrected chi connectivity index (χ3v) is 5.41. The van der Waals surface area contributed by atoms with Crippen LogP contribution in [-0.4, -0.2) is 60.6 Å².